The highest BCUT2D eigenvalue weighted by molar-refractivity contribution is 6.04. The summed E-state index contributed by atoms with van der Waals surface area (Å²) in [7, 11) is 0. The smallest absolute Gasteiger partial charge is 0.322 e. The first-order valence-electron chi connectivity index (χ1n) is 9.31. The Hall–Kier alpha value is -3.69. The van der Waals surface area contributed by atoms with E-state index in [0.717, 1.165) is 32.4 Å². The Bertz CT molecular complexity index is 956. The molecule has 0 radical (unpaired) electrons. The molecule has 0 aliphatic carbocycles. The van der Waals surface area contributed by atoms with Gasteiger partial charge in [-0.2, -0.15) is 4.98 Å². The number of hydrogen-bond acceptors (Lipinski definition) is 7. The number of nitrogens with one attached hydrogen (secondary N) is 2. The molecule has 2 aliphatic rings. The molecule has 1 aromatic carbocycles. The molecule has 2 fully saturated rings. The van der Waals surface area contributed by atoms with Crippen LogP contribution < -0.4 is 20.3 Å². The van der Waals surface area contributed by atoms with Crippen LogP contribution in [0.3, 0.4) is 0 Å². The molecule has 150 valence electrons. The molecule has 2 aromatic rings. The van der Waals surface area contributed by atoms with Crippen LogP contribution in [0.2, 0.25) is 0 Å². The lowest BCUT2D eigenvalue weighted by molar-refractivity contribution is -0.384. The van der Waals surface area contributed by atoms with E-state index in [2.05, 4.69) is 15.6 Å². The molecule has 1 atom stereocenters. The van der Waals surface area contributed by atoms with Crippen LogP contribution in [0.4, 0.5) is 16.3 Å². The van der Waals surface area contributed by atoms with Gasteiger partial charge in [0.2, 0.25) is 11.7 Å². The first kappa shape index (κ1) is 18.7. The third-order valence-corrected chi connectivity index (χ3v) is 4.89. The van der Waals surface area contributed by atoms with Gasteiger partial charge in [0.15, 0.2) is 0 Å². The van der Waals surface area contributed by atoms with E-state index in [4.69, 9.17) is 4.74 Å². The number of urea groups is 1. The van der Waals surface area contributed by atoms with Gasteiger partial charge in [-0.3, -0.25) is 20.2 Å². The SMILES string of the molecule is O=C1NC(=O)C(c2ccc(Oc3ccc([N+](=O)[O-])c(N4CCCCC4)n3)cc2)N1. The fraction of sp³-hybridized carbons (Fsp3) is 0.316. The lowest BCUT2D eigenvalue weighted by atomic mass is 10.1. The van der Waals surface area contributed by atoms with Crippen LogP contribution >= 0.6 is 0 Å². The number of piperidine rings is 1. The van der Waals surface area contributed by atoms with Crippen LogP contribution in [-0.4, -0.2) is 34.9 Å². The van der Waals surface area contributed by atoms with Gasteiger partial charge >= 0.3 is 11.7 Å². The van der Waals surface area contributed by atoms with Gasteiger partial charge in [0, 0.05) is 25.2 Å². The summed E-state index contributed by atoms with van der Waals surface area (Å²) in [6.07, 6.45) is 3.04. The van der Waals surface area contributed by atoms with Gasteiger partial charge in [-0.25, -0.2) is 4.79 Å². The van der Waals surface area contributed by atoms with Crippen molar-refractivity contribution in [3.8, 4) is 11.6 Å². The predicted molar refractivity (Wildman–Crippen MR) is 103 cm³/mol. The summed E-state index contributed by atoms with van der Waals surface area (Å²) in [6.45, 7) is 1.45. The van der Waals surface area contributed by atoms with E-state index in [9.17, 15) is 19.7 Å². The second kappa shape index (κ2) is 7.74. The second-order valence-electron chi connectivity index (χ2n) is 6.86. The minimum Gasteiger partial charge on any atom is -0.439 e. The number of carbonyl (C=O) groups is 2. The number of benzene rings is 1. The van der Waals surface area contributed by atoms with Crippen LogP contribution in [-0.2, 0) is 4.79 Å². The molecule has 3 heterocycles. The average Bonchev–Trinajstić information content (AvgIpc) is 3.07. The molecular weight excluding hydrogens is 378 g/mol. The number of aromatic nitrogens is 1. The number of hydrogen-bond donors (Lipinski definition) is 2. The highest BCUT2D eigenvalue weighted by atomic mass is 16.6. The number of nitrogens with zero attached hydrogens (tertiary/aromatic N) is 3. The summed E-state index contributed by atoms with van der Waals surface area (Å²) < 4.78 is 5.76. The highest BCUT2D eigenvalue weighted by Gasteiger charge is 2.30. The molecule has 2 N–H and O–H groups in total. The summed E-state index contributed by atoms with van der Waals surface area (Å²) in [5, 5.41) is 16.1. The highest BCUT2D eigenvalue weighted by Crippen LogP contribution is 2.32. The average molecular weight is 397 g/mol. The van der Waals surface area contributed by atoms with E-state index in [1.165, 1.54) is 12.1 Å². The van der Waals surface area contributed by atoms with Gasteiger partial charge < -0.3 is 15.0 Å². The molecule has 10 nitrogen and oxygen atoms in total. The Morgan fingerprint density at radius 1 is 1.07 bits per heavy atom. The molecule has 2 saturated heterocycles. The van der Waals surface area contributed by atoms with Gasteiger partial charge in [-0.05, 0) is 37.0 Å². The number of imide groups is 1. The van der Waals surface area contributed by atoms with E-state index in [-0.39, 0.29) is 11.6 Å². The fourth-order valence-electron chi connectivity index (χ4n) is 3.46. The van der Waals surface area contributed by atoms with Crippen molar-refractivity contribution in [3.63, 3.8) is 0 Å². The standard InChI is InChI=1S/C19H19N5O5/c25-18-16(21-19(26)22-18)12-4-6-13(7-5-12)29-15-9-8-14(24(27)28)17(20-15)23-10-2-1-3-11-23/h4-9,16H,1-3,10-11H2,(H2,21,22,25,26). The molecule has 0 bridgehead atoms. The normalized spacial score (nSPS) is 18.9. The number of carbonyl (C=O) groups excluding carboxylic acids is 2. The number of rotatable bonds is 5. The third-order valence-electron chi connectivity index (χ3n) is 4.89. The van der Waals surface area contributed by atoms with Crippen molar-refractivity contribution in [3.05, 3.63) is 52.1 Å². The van der Waals surface area contributed by atoms with Gasteiger partial charge in [0.25, 0.3) is 5.91 Å². The molecule has 1 aromatic heterocycles. The maximum absolute atomic E-state index is 11.7. The van der Waals surface area contributed by atoms with Crippen molar-refractivity contribution in [2.24, 2.45) is 0 Å². The summed E-state index contributed by atoms with van der Waals surface area (Å²) >= 11 is 0. The Morgan fingerprint density at radius 2 is 1.79 bits per heavy atom. The zero-order valence-corrected chi connectivity index (χ0v) is 15.5. The maximum atomic E-state index is 11.7. The zero-order valence-electron chi connectivity index (χ0n) is 15.5. The van der Waals surface area contributed by atoms with Crippen molar-refractivity contribution in [1.29, 1.82) is 0 Å². The minimum atomic E-state index is -0.736. The molecule has 2 aliphatic heterocycles. The van der Waals surface area contributed by atoms with Crippen molar-refractivity contribution >= 4 is 23.4 Å². The number of anilines is 1. The second-order valence-corrected chi connectivity index (χ2v) is 6.86. The van der Waals surface area contributed by atoms with Crippen LogP contribution in [0.5, 0.6) is 11.6 Å². The molecule has 3 amide bonds. The van der Waals surface area contributed by atoms with E-state index < -0.39 is 22.9 Å². The van der Waals surface area contributed by atoms with Gasteiger partial charge in [0.1, 0.15) is 11.8 Å². The molecule has 1 unspecified atom stereocenters. The van der Waals surface area contributed by atoms with Crippen molar-refractivity contribution in [1.82, 2.24) is 15.6 Å². The molecule has 0 saturated carbocycles. The molecule has 0 spiro atoms. The molecule has 10 heteroatoms. The van der Waals surface area contributed by atoms with Crippen molar-refractivity contribution in [2.45, 2.75) is 25.3 Å². The minimum absolute atomic E-state index is 0.0439. The topological polar surface area (TPSA) is 127 Å². The third kappa shape index (κ3) is 3.96. The Kier molecular flexibility index (Phi) is 4.98. The monoisotopic (exact) mass is 397 g/mol. The summed E-state index contributed by atoms with van der Waals surface area (Å²) in [6, 6.07) is 8.24. The largest absolute Gasteiger partial charge is 0.439 e. The lowest BCUT2D eigenvalue weighted by Gasteiger charge is -2.27. The Morgan fingerprint density at radius 3 is 2.41 bits per heavy atom. The quantitative estimate of drug-likeness (QED) is 0.451. The Labute approximate surface area is 166 Å². The molecule has 4 rings (SSSR count). The first-order valence-corrected chi connectivity index (χ1v) is 9.31. The summed E-state index contributed by atoms with van der Waals surface area (Å²) in [5.41, 5.74) is 0.573. The first-order chi connectivity index (χ1) is 14.0. The zero-order chi connectivity index (χ0) is 20.4. The fourth-order valence-corrected chi connectivity index (χ4v) is 3.46. The van der Waals surface area contributed by atoms with Crippen molar-refractivity contribution < 1.29 is 19.2 Å². The lowest BCUT2D eigenvalue weighted by Crippen LogP contribution is -2.30. The summed E-state index contributed by atoms with van der Waals surface area (Å²) in [5.74, 6) is 0.612. The van der Waals surface area contributed by atoms with Crippen molar-refractivity contribution in [2.75, 3.05) is 18.0 Å². The predicted octanol–water partition coefficient (Wildman–Crippen LogP) is 2.65. The van der Waals surface area contributed by atoms with Gasteiger partial charge in [-0.1, -0.05) is 12.1 Å². The van der Waals surface area contributed by atoms with E-state index in [1.807, 2.05) is 4.90 Å². The number of pyridine rings is 1. The maximum Gasteiger partial charge on any atom is 0.322 e. The number of amides is 3. The Balaban J connectivity index is 1.54. The van der Waals surface area contributed by atoms with E-state index >= 15 is 0 Å². The van der Waals surface area contributed by atoms with Crippen LogP contribution in [0.15, 0.2) is 36.4 Å². The van der Waals surface area contributed by atoms with Gasteiger partial charge in [0.05, 0.1) is 4.92 Å². The molecule has 29 heavy (non-hydrogen) atoms. The van der Waals surface area contributed by atoms with Crippen LogP contribution in [0.25, 0.3) is 0 Å². The van der Waals surface area contributed by atoms with E-state index in [0.29, 0.717) is 17.1 Å². The van der Waals surface area contributed by atoms with Crippen LogP contribution in [0.1, 0.15) is 30.9 Å². The summed E-state index contributed by atoms with van der Waals surface area (Å²) in [4.78, 5) is 40.2. The molecular formula is C19H19N5O5. The van der Waals surface area contributed by atoms with Crippen LogP contribution in [0, 0.1) is 10.1 Å². The van der Waals surface area contributed by atoms with Gasteiger partial charge in [-0.15, -0.1) is 0 Å². The van der Waals surface area contributed by atoms with E-state index in [1.54, 1.807) is 24.3 Å². The number of nitro groups is 1. The number of ether oxygens (including phenoxy) is 1.